The maximum atomic E-state index is 13.8. The van der Waals surface area contributed by atoms with E-state index in [9.17, 15) is 9.59 Å². The highest BCUT2D eigenvalue weighted by Gasteiger charge is 2.27. The van der Waals surface area contributed by atoms with Crippen molar-refractivity contribution < 1.29 is 4.79 Å². The van der Waals surface area contributed by atoms with Gasteiger partial charge in [-0.2, -0.15) is 0 Å². The average Bonchev–Trinajstić information content (AvgIpc) is 3.46. The Bertz CT molecular complexity index is 1290. The molecule has 2 aromatic heterocycles. The number of aryl methyl sites for hydroxylation is 3. The van der Waals surface area contributed by atoms with E-state index in [-0.39, 0.29) is 23.3 Å². The van der Waals surface area contributed by atoms with Gasteiger partial charge in [-0.05, 0) is 68.1 Å². The van der Waals surface area contributed by atoms with Crippen LogP contribution in [0.15, 0.2) is 28.2 Å². The first-order valence-corrected chi connectivity index (χ1v) is 14.3. The molecule has 1 saturated carbocycles. The van der Waals surface area contributed by atoms with E-state index in [1.54, 1.807) is 11.3 Å². The molecule has 0 unspecified atom stereocenters. The van der Waals surface area contributed by atoms with Crippen LogP contribution in [0.5, 0.6) is 0 Å². The Morgan fingerprint density at radius 2 is 1.97 bits per heavy atom. The highest BCUT2D eigenvalue weighted by atomic mass is 32.2. The number of nitrogens with one attached hydrogen (secondary N) is 1. The molecule has 0 atom stereocenters. The molecular formula is C27H33N3O2S2. The number of fused-ring (bicyclic) bond motifs is 3. The van der Waals surface area contributed by atoms with E-state index in [4.69, 9.17) is 4.98 Å². The van der Waals surface area contributed by atoms with Crippen LogP contribution in [0.25, 0.3) is 10.2 Å². The van der Waals surface area contributed by atoms with Crippen molar-refractivity contribution in [2.45, 2.75) is 89.3 Å². The quantitative estimate of drug-likeness (QED) is 0.308. The van der Waals surface area contributed by atoms with Crippen molar-refractivity contribution in [2.75, 3.05) is 11.1 Å². The summed E-state index contributed by atoms with van der Waals surface area (Å²) in [5.74, 6) is 0.505. The molecule has 1 N–H and O–H groups in total. The SMILES string of the molecule is Cc1cccc(C(C)C)c1NC(=O)CSc1nc2sc3c(c2c(=O)n1C1CCCC1)CCCC3. The first kappa shape index (κ1) is 23.6. The molecule has 0 radical (unpaired) electrons. The number of carbonyl (C=O) groups excluding carboxylic acids is 1. The van der Waals surface area contributed by atoms with Gasteiger partial charge in [-0.25, -0.2) is 4.98 Å². The zero-order chi connectivity index (χ0) is 23.8. The van der Waals surface area contributed by atoms with Crippen LogP contribution in [0, 0.1) is 6.92 Å². The lowest BCUT2D eigenvalue weighted by atomic mass is 9.97. The second-order valence-electron chi connectivity index (χ2n) is 9.93. The first-order chi connectivity index (χ1) is 16.4. The minimum atomic E-state index is -0.0565. The molecule has 5 nitrogen and oxygen atoms in total. The normalized spacial score (nSPS) is 16.4. The first-order valence-electron chi connectivity index (χ1n) is 12.5. The number of aromatic nitrogens is 2. The molecule has 3 aromatic rings. The van der Waals surface area contributed by atoms with Crippen LogP contribution in [0.3, 0.4) is 0 Å². The van der Waals surface area contributed by atoms with E-state index in [1.165, 1.54) is 28.6 Å². The third kappa shape index (κ3) is 4.44. The summed E-state index contributed by atoms with van der Waals surface area (Å²) in [4.78, 5) is 34.0. The number of amides is 1. The van der Waals surface area contributed by atoms with Gasteiger partial charge in [0.2, 0.25) is 5.91 Å². The summed E-state index contributed by atoms with van der Waals surface area (Å²) in [5.41, 5.74) is 4.47. The fourth-order valence-electron chi connectivity index (χ4n) is 5.43. The highest BCUT2D eigenvalue weighted by Crippen LogP contribution is 2.37. The highest BCUT2D eigenvalue weighted by molar-refractivity contribution is 7.99. The van der Waals surface area contributed by atoms with Gasteiger partial charge < -0.3 is 5.32 Å². The van der Waals surface area contributed by atoms with Gasteiger partial charge in [0.25, 0.3) is 5.56 Å². The van der Waals surface area contributed by atoms with Crippen molar-refractivity contribution >= 4 is 44.9 Å². The molecule has 1 aromatic carbocycles. The number of nitrogens with zero attached hydrogens (tertiary/aromatic N) is 2. The van der Waals surface area contributed by atoms with E-state index in [0.717, 1.165) is 72.0 Å². The zero-order valence-electron chi connectivity index (χ0n) is 20.3. The van der Waals surface area contributed by atoms with E-state index in [1.807, 2.05) is 23.6 Å². The van der Waals surface area contributed by atoms with Crippen molar-refractivity contribution in [1.82, 2.24) is 9.55 Å². The van der Waals surface area contributed by atoms with Crippen LogP contribution >= 0.6 is 23.1 Å². The Labute approximate surface area is 209 Å². The molecule has 34 heavy (non-hydrogen) atoms. The Kier molecular flexibility index (Phi) is 6.85. The average molecular weight is 496 g/mol. The predicted octanol–water partition coefficient (Wildman–Crippen LogP) is 6.61. The van der Waals surface area contributed by atoms with Crippen LogP contribution < -0.4 is 10.9 Å². The summed E-state index contributed by atoms with van der Waals surface area (Å²) in [6.07, 6.45) is 8.70. The third-order valence-corrected chi connectivity index (χ3v) is 9.34. The van der Waals surface area contributed by atoms with Crippen LogP contribution in [-0.2, 0) is 17.6 Å². The second kappa shape index (κ2) is 9.86. The number of thiophene rings is 1. The van der Waals surface area contributed by atoms with Crippen molar-refractivity contribution in [2.24, 2.45) is 0 Å². The maximum absolute atomic E-state index is 13.8. The van der Waals surface area contributed by atoms with E-state index < -0.39 is 0 Å². The van der Waals surface area contributed by atoms with Crippen molar-refractivity contribution in [3.63, 3.8) is 0 Å². The molecule has 7 heteroatoms. The molecule has 0 saturated heterocycles. The summed E-state index contributed by atoms with van der Waals surface area (Å²) in [7, 11) is 0. The Morgan fingerprint density at radius 1 is 1.21 bits per heavy atom. The Morgan fingerprint density at radius 3 is 2.74 bits per heavy atom. The summed E-state index contributed by atoms with van der Waals surface area (Å²) in [6.45, 7) is 6.30. The molecule has 2 aliphatic rings. The Hall–Kier alpha value is -2.12. The van der Waals surface area contributed by atoms with E-state index >= 15 is 0 Å². The second-order valence-corrected chi connectivity index (χ2v) is 12.0. The molecule has 1 fully saturated rings. The summed E-state index contributed by atoms with van der Waals surface area (Å²) in [6, 6.07) is 6.33. The zero-order valence-corrected chi connectivity index (χ0v) is 21.9. The predicted molar refractivity (Wildman–Crippen MR) is 143 cm³/mol. The smallest absolute Gasteiger partial charge is 0.263 e. The third-order valence-electron chi connectivity index (χ3n) is 7.20. The number of hydrogen-bond donors (Lipinski definition) is 1. The van der Waals surface area contributed by atoms with E-state index in [2.05, 4.69) is 25.2 Å². The molecule has 5 rings (SSSR count). The lowest BCUT2D eigenvalue weighted by Crippen LogP contribution is -2.27. The fraction of sp³-hybridized carbons (Fsp3) is 0.519. The van der Waals surface area contributed by atoms with Gasteiger partial charge in [-0.15, -0.1) is 11.3 Å². The monoisotopic (exact) mass is 495 g/mol. The number of para-hydroxylation sites is 1. The number of anilines is 1. The molecule has 2 heterocycles. The van der Waals surface area contributed by atoms with Gasteiger partial charge in [0, 0.05) is 16.6 Å². The summed E-state index contributed by atoms with van der Waals surface area (Å²) in [5, 5.41) is 4.69. The number of benzene rings is 1. The molecule has 0 spiro atoms. The lowest BCUT2D eigenvalue weighted by molar-refractivity contribution is -0.113. The molecule has 0 bridgehead atoms. The van der Waals surface area contributed by atoms with Crippen molar-refractivity contribution in [1.29, 1.82) is 0 Å². The Balaban J connectivity index is 1.45. The van der Waals surface area contributed by atoms with Gasteiger partial charge in [0.05, 0.1) is 11.1 Å². The number of thioether (sulfide) groups is 1. The number of rotatable bonds is 6. The molecule has 0 aliphatic heterocycles. The van der Waals surface area contributed by atoms with Crippen LogP contribution in [0.1, 0.15) is 85.9 Å². The molecule has 1 amide bonds. The lowest BCUT2D eigenvalue weighted by Gasteiger charge is -2.19. The van der Waals surface area contributed by atoms with Gasteiger partial charge in [-0.1, -0.05) is 56.7 Å². The minimum absolute atomic E-state index is 0.0565. The summed E-state index contributed by atoms with van der Waals surface area (Å²) >= 11 is 3.09. The fourth-order valence-corrected chi connectivity index (χ4v) is 7.60. The maximum Gasteiger partial charge on any atom is 0.263 e. The van der Waals surface area contributed by atoms with Gasteiger partial charge in [0.1, 0.15) is 4.83 Å². The van der Waals surface area contributed by atoms with Crippen LogP contribution in [0.4, 0.5) is 5.69 Å². The largest absolute Gasteiger partial charge is 0.325 e. The topological polar surface area (TPSA) is 64.0 Å². The molecule has 180 valence electrons. The summed E-state index contributed by atoms with van der Waals surface area (Å²) < 4.78 is 1.93. The van der Waals surface area contributed by atoms with Gasteiger partial charge >= 0.3 is 0 Å². The molecule has 2 aliphatic carbocycles. The standard InChI is InChI=1S/C27H33N3O2S2/c1-16(2)19-13-8-9-17(3)24(19)28-22(31)15-33-27-29-25-23(20-12-6-7-14-21(20)34-25)26(32)30(27)18-10-4-5-11-18/h8-9,13,16,18H,4-7,10-12,14-15H2,1-3H3,(H,28,31). The van der Waals surface area contributed by atoms with Crippen LogP contribution in [0.2, 0.25) is 0 Å². The van der Waals surface area contributed by atoms with Crippen molar-refractivity contribution in [3.8, 4) is 0 Å². The number of carbonyl (C=O) groups is 1. The van der Waals surface area contributed by atoms with Gasteiger partial charge in [0.15, 0.2) is 5.16 Å². The van der Waals surface area contributed by atoms with Crippen molar-refractivity contribution in [3.05, 3.63) is 50.1 Å². The molecular weight excluding hydrogens is 462 g/mol. The van der Waals surface area contributed by atoms with E-state index in [0.29, 0.717) is 11.1 Å². The minimum Gasteiger partial charge on any atom is -0.325 e. The van der Waals surface area contributed by atoms with Gasteiger partial charge in [-0.3, -0.25) is 14.2 Å². The van der Waals surface area contributed by atoms with Crippen LogP contribution in [-0.4, -0.2) is 21.2 Å². The number of hydrogen-bond acceptors (Lipinski definition) is 5.